The Balaban J connectivity index is 0.00000288. The van der Waals surface area contributed by atoms with Gasteiger partial charge in [-0.15, -0.1) is 24.0 Å². The van der Waals surface area contributed by atoms with E-state index < -0.39 is 0 Å². The third-order valence-electron chi connectivity index (χ3n) is 3.66. The van der Waals surface area contributed by atoms with Crippen LogP contribution in [0.3, 0.4) is 0 Å². The van der Waals surface area contributed by atoms with E-state index in [4.69, 9.17) is 4.74 Å². The molecular formula is C17H26IN3O3. The minimum absolute atomic E-state index is 0. The lowest BCUT2D eigenvalue weighted by atomic mass is 10.1. The van der Waals surface area contributed by atoms with Crippen molar-refractivity contribution in [3.63, 3.8) is 0 Å². The van der Waals surface area contributed by atoms with Crippen LogP contribution in [0.15, 0.2) is 29.3 Å². The Labute approximate surface area is 160 Å². The van der Waals surface area contributed by atoms with Gasteiger partial charge in [0, 0.05) is 19.7 Å². The van der Waals surface area contributed by atoms with Gasteiger partial charge >= 0.3 is 5.97 Å². The number of nitrogens with one attached hydrogen (secondary N) is 2. The van der Waals surface area contributed by atoms with Crippen molar-refractivity contribution in [2.24, 2.45) is 4.99 Å². The van der Waals surface area contributed by atoms with Crippen molar-refractivity contribution in [2.75, 3.05) is 26.8 Å². The lowest BCUT2D eigenvalue weighted by Crippen LogP contribution is -2.41. The van der Waals surface area contributed by atoms with Crippen molar-refractivity contribution in [2.45, 2.75) is 32.4 Å². The van der Waals surface area contributed by atoms with Crippen LogP contribution in [0.4, 0.5) is 0 Å². The third kappa shape index (κ3) is 6.64. The first-order valence-corrected chi connectivity index (χ1v) is 8.04. The highest BCUT2D eigenvalue weighted by molar-refractivity contribution is 14.0. The van der Waals surface area contributed by atoms with Gasteiger partial charge in [-0.1, -0.05) is 12.1 Å². The van der Waals surface area contributed by atoms with E-state index in [1.165, 1.54) is 7.11 Å². The maximum Gasteiger partial charge on any atom is 0.337 e. The minimum atomic E-state index is -0.327. The second-order valence-corrected chi connectivity index (χ2v) is 5.40. The summed E-state index contributed by atoms with van der Waals surface area (Å²) in [5.41, 5.74) is 1.58. The molecule has 0 saturated carbocycles. The smallest absolute Gasteiger partial charge is 0.337 e. The third-order valence-corrected chi connectivity index (χ3v) is 3.66. The molecule has 1 atom stereocenters. The van der Waals surface area contributed by atoms with Gasteiger partial charge in [-0.05, 0) is 37.5 Å². The highest BCUT2D eigenvalue weighted by Gasteiger charge is 2.15. The topological polar surface area (TPSA) is 72.0 Å². The summed E-state index contributed by atoms with van der Waals surface area (Å²) in [5, 5.41) is 6.54. The second kappa shape index (κ2) is 11.2. The van der Waals surface area contributed by atoms with Gasteiger partial charge in [-0.3, -0.25) is 0 Å². The monoisotopic (exact) mass is 447 g/mol. The molecule has 0 bridgehead atoms. The molecule has 1 fully saturated rings. The second-order valence-electron chi connectivity index (χ2n) is 5.40. The molecule has 1 aliphatic rings. The predicted molar refractivity (Wildman–Crippen MR) is 105 cm³/mol. The van der Waals surface area contributed by atoms with Crippen molar-refractivity contribution in [3.05, 3.63) is 35.4 Å². The molecule has 2 N–H and O–H groups in total. The number of aliphatic imine (C=N–C) groups is 1. The Bertz CT molecular complexity index is 528. The van der Waals surface area contributed by atoms with Crippen LogP contribution in [0.5, 0.6) is 0 Å². The standard InChI is InChI=1S/C17H25N3O3.HI/c1-3-18-17(20-12-15-5-4-10-23-15)19-11-13-6-8-14(9-7-13)16(21)22-2;/h6-9,15H,3-5,10-12H2,1-2H3,(H2,18,19,20);1H. The summed E-state index contributed by atoms with van der Waals surface area (Å²) in [6.07, 6.45) is 2.51. The number of halogens is 1. The minimum Gasteiger partial charge on any atom is -0.465 e. The summed E-state index contributed by atoms with van der Waals surface area (Å²) in [5.74, 6) is 0.451. The molecule has 7 heteroatoms. The van der Waals surface area contributed by atoms with E-state index in [1.807, 2.05) is 19.1 Å². The Morgan fingerprint density at radius 3 is 2.67 bits per heavy atom. The number of rotatable bonds is 6. The highest BCUT2D eigenvalue weighted by Crippen LogP contribution is 2.10. The molecule has 6 nitrogen and oxygen atoms in total. The fraction of sp³-hybridized carbons (Fsp3) is 0.529. The molecule has 24 heavy (non-hydrogen) atoms. The molecule has 0 aromatic heterocycles. The van der Waals surface area contributed by atoms with Crippen molar-refractivity contribution < 1.29 is 14.3 Å². The van der Waals surface area contributed by atoms with Crippen LogP contribution in [0.25, 0.3) is 0 Å². The van der Waals surface area contributed by atoms with E-state index in [2.05, 4.69) is 20.4 Å². The first-order chi connectivity index (χ1) is 11.2. The van der Waals surface area contributed by atoms with Crippen molar-refractivity contribution in [1.82, 2.24) is 10.6 Å². The molecule has 2 rings (SSSR count). The van der Waals surface area contributed by atoms with Gasteiger partial charge in [0.15, 0.2) is 5.96 Å². The Morgan fingerprint density at radius 2 is 2.08 bits per heavy atom. The normalized spacial score (nSPS) is 17.1. The van der Waals surface area contributed by atoms with Crippen molar-refractivity contribution in [1.29, 1.82) is 0 Å². The average Bonchev–Trinajstić information content (AvgIpc) is 3.10. The number of hydrogen-bond donors (Lipinski definition) is 2. The number of ether oxygens (including phenoxy) is 2. The number of carbonyl (C=O) groups is 1. The van der Waals surface area contributed by atoms with Gasteiger partial charge in [-0.25, -0.2) is 9.79 Å². The molecule has 1 aliphatic heterocycles. The molecule has 0 amide bonds. The van der Waals surface area contributed by atoms with E-state index in [0.717, 1.165) is 44.1 Å². The van der Waals surface area contributed by atoms with Crippen LogP contribution in [-0.4, -0.2) is 44.8 Å². The van der Waals surface area contributed by atoms with Crippen molar-refractivity contribution >= 4 is 35.9 Å². The van der Waals surface area contributed by atoms with Crippen LogP contribution in [-0.2, 0) is 16.0 Å². The average molecular weight is 447 g/mol. The Morgan fingerprint density at radius 1 is 1.33 bits per heavy atom. The van der Waals surface area contributed by atoms with Crippen LogP contribution < -0.4 is 10.6 Å². The number of esters is 1. The quantitative estimate of drug-likeness (QED) is 0.303. The first kappa shape index (κ1) is 20.7. The van der Waals surface area contributed by atoms with E-state index in [1.54, 1.807) is 12.1 Å². The highest BCUT2D eigenvalue weighted by atomic mass is 127. The summed E-state index contributed by atoms with van der Waals surface area (Å²) < 4.78 is 10.3. The first-order valence-electron chi connectivity index (χ1n) is 8.04. The van der Waals surface area contributed by atoms with Gasteiger partial charge in [0.25, 0.3) is 0 Å². The predicted octanol–water partition coefficient (Wildman–Crippen LogP) is 2.33. The summed E-state index contributed by atoms with van der Waals surface area (Å²) in [7, 11) is 1.38. The number of hydrogen-bond acceptors (Lipinski definition) is 4. The van der Waals surface area contributed by atoms with Gasteiger partial charge in [-0.2, -0.15) is 0 Å². The summed E-state index contributed by atoms with van der Waals surface area (Å²) in [4.78, 5) is 16.0. The van der Waals surface area contributed by atoms with Gasteiger partial charge in [0.2, 0.25) is 0 Å². The zero-order chi connectivity index (χ0) is 16.5. The van der Waals surface area contributed by atoms with Gasteiger partial charge < -0.3 is 20.1 Å². The summed E-state index contributed by atoms with van der Waals surface area (Å²) in [6.45, 7) is 5.01. The fourth-order valence-electron chi connectivity index (χ4n) is 2.39. The van der Waals surface area contributed by atoms with Gasteiger partial charge in [0.1, 0.15) is 0 Å². The van der Waals surface area contributed by atoms with Crippen LogP contribution >= 0.6 is 24.0 Å². The van der Waals surface area contributed by atoms with Crippen LogP contribution in [0, 0.1) is 0 Å². The molecule has 1 aromatic carbocycles. The maximum atomic E-state index is 11.4. The SMILES string of the molecule is CCNC(=NCc1ccc(C(=O)OC)cc1)NCC1CCCO1.I. The van der Waals surface area contributed by atoms with Crippen LogP contribution in [0.1, 0.15) is 35.7 Å². The molecule has 0 spiro atoms. The van der Waals surface area contributed by atoms with E-state index in [9.17, 15) is 4.79 Å². The molecule has 1 heterocycles. The number of benzene rings is 1. The number of guanidine groups is 1. The summed E-state index contributed by atoms with van der Waals surface area (Å²) >= 11 is 0. The largest absolute Gasteiger partial charge is 0.465 e. The van der Waals surface area contributed by atoms with Crippen molar-refractivity contribution in [3.8, 4) is 0 Å². The lowest BCUT2D eigenvalue weighted by molar-refractivity contribution is 0.0600. The number of nitrogens with zero attached hydrogens (tertiary/aromatic N) is 1. The maximum absolute atomic E-state index is 11.4. The lowest BCUT2D eigenvalue weighted by Gasteiger charge is -2.14. The van der Waals surface area contributed by atoms with Crippen LogP contribution in [0.2, 0.25) is 0 Å². The molecule has 134 valence electrons. The Kier molecular flexibility index (Phi) is 9.70. The van der Waals surface area contributed by atoms with Gasteiger partial charge in [0.05, 0.1) is 25.3 Å². The fourth-order valence-corrected chi connectivity index (χ4v) is 2.39. The molecule has 1 unspecified atom stereocenters. The molecular weight excluding hydrogens is 421 g/mol. The molecule has 0 aliphatic carbocycles. The number of carbonyl (C=O) groups excluding carboxylic acids is 1. The molecule has 0 radical (unpaired) electrons. The molecule has 1 saturated heterocycles. The number of methoxy groups -OCH3 is 1. The van der Waals surface area contributed by atoms with E-state index in [-0.39, 0.29) is 36.0 Å². The zero-order valence-electron chi connectivity index (χ0n) is 14.2. The Hall–Kier alpha value is -1.35. The molecule has 1 aromatic rings. The summed E-state index contributed by atoms with van der Waals surface area (Å²) in [6, 6.07) is 7.28. The zero-order valence-corrected chi connectivity index (χ0v) is 16.5. The van der Waals surface area contributed by atoms with E-state index in [0.29, 0.717) is 12.1 Å². The van der Waals surface area contributed by atoms with E-state index >= 15 is 0 Å².